The zero-order valence-corrected chi connectivity index (χ0v) is 14.4. The third-order valence-corrected chi connectivity index (χ3v) is 4.29. The molecule has 0 saturated heterocycles. The zero-order valence-electron chi connectivity index (χ0n) is 14.4. The highest BCUT2D eigenvalue weighted by atomic mass is 16.7. The summed E-state index contributed by atoms with van der Waals surface area (Å²) < 4.78 is 0. The number of hydrogen-bond donors (Lipinski definition) is 1. The number of anilines is 1. The molecule has 0 spiro atoms. The van der Waals surface area contributed by atoms with Crippen molar-refractivity contribution in [3.05, 3.63) is 29.2 Å². The number of hydroxylamine groups is 2. The first kappa shape index (κ1) is 16.4. The van der Waals surface area contributed by atoms with Crippen LogP contribution < -0.4 is 10.2 Å². The highest BCUT2D eigenvalue weighted by molar-refractivity contribution is 5.93. The van der Waals surface area contributed by atoms with Gasteiger partial charge in [-0.25, -0.2) is 10.0 Å². The second-order valence-electron chi connectivity index (χ2n) is 5.88. The number of carbonyl (C=O) groups excluding carboxylic acids is 1. The smallest absolute Gasteiger partial charge is 0.219 e. The maximum Gasteiger partial charge on any atom is 0.219 e. The van der Waals surface area contributed by atoms with Crippen LogP contribution in [0, 0.1) is 6.92 Å². The minimum Gasteiger partial charge on any atom is -0.356 e. The molecule has 3 heterocycles. The van der Waals surface area contributed by atoms with Crippen LogP contribution in [0.3, 0.4) is 0 Å². The van der Waals surface area contributed by atoms with Gasteiger partial charge in [0, 0.05) is 19.2 Å². The molecule has 7 nitrogen and oxygen atoms in total. The molecule has 3 rings (SSSR count). The number of aliphatic imine (C=N–C) groups is 1. The summed E-state index contributed by atoms with van der Waals surface area (Å²) in [5, 5.41) is 4.66. The van der Waals surface area contributed by atoms with Gasteiger partial charge in [0.1, 0.15) is 12.4 Å². The summed E-state index contributed by atoms with van der Waals surface area (Å²) in [6.45, 7) is 5.20. The molecule has 0 aliphatic carbocycles. The molecule has 24 heavy (non-hydrogen) atoms. The molecule has 2 aliphatic rings. The lowest BCUT2D eigenvalue weighted by molar-refractivity contribution is -0.120. The van der Waals surface area contributed by atoms with Crippen molar-refractivity contribution < 1.29 is 9.63 Å². The minimum atomic E-state index is 0.0907. The van der Waals surface area contributed by atoms with Crippen LogP contribution >= 0.6 is 0 Å². The van der Waals surface area contributed by atoms with Crippen molar-refractivity contribution in [3.8, 4) is 0 Å². The maximum absolute atomic E-state index is 11.3. The Morgan fingerprint density at radius 3 is 3.04 bits per heavy atom. The third kappa shape index (κ3) is 3.12. The average Bonchev–Trinajstić information content (AvgIpc) is 3.03. The highest BCUT2D eigenvalue weighted by Crippen LogP contribution is 2.39. The van der Waals surface area contributed by atoms with Crippen molar-refractivity contribution in [1.82, 2.24) is 15.4 Å². The molecule has 1 aromatic rings. The fourth-order valence-electron chi connectivity index (χ4n) is 2.90. The minimum absolute atomic E-state index is 0.0907. The van der Waals surface area contributed by atoms with Gasteiger partial charge in [-0.3, -0.25) is 14.6 Å². The fraction of sp³-hybridized carbons (Fsp3) is 0.471. The SMILES string of the molecule is CCC(=O)NCCCc1c(C)cnc2c1N=CC1=CN(OC)CN12. The van der Waals surface area contributed by atoms with E-state index in [1.165, 1.54) is 5.56 Å². The third-order valence-electron chi connectivity index (χ3n) is 4.29. The number of nitrogens with one attached hydrogen (secondary N) is 1. The predicted molar refractivity (Wildman–Crippen MR) is 93.0 cm³/mol. The van der Waals surface area contributed by atoms with E-state index in [9.17, 15) is 4.79 Å². The Morgan fingerprint density at radius 1 is 1.46 bits per heavy atom. The Bertz CT molecular complexity index is 698. The van der Waals surface area contributed by atoms with Crippen molar-refractivity contribution in [2.75, 3.05) is 25.2 Å². The molecule has 0 aromatic carbocycles. The Balaban J connectivity index is 1.76. The van der Waals surface area contributed by atoms with Crippen molar-refractivity contribution in [3.63, 3.8) is 0 Å². The number of pyridine rings is 1. The molecule has 1 amide bonds. The lowest BCUT2D eigenvalue weighted by Crippen LogP contribution is -2.29. The first-order chi connectivity index (χ1) is 11.6. The Kier molecular flexibility index (Phi) is 4.80. The summed E-state index contributed by atoms with van der Waals surface area (Å²) in [6.07, 6.45) is 7.92. The normalized spacial score (nSPS) is 15.2. The van der Waals surface area contributed by atoms with Crippen LogP contribution in [-0.2, 0) is 16.1 Å². The Morgan fingerprint density at radius 2 is 2.29 bits per heavy atom. The van der Waals surface area contributed by atoms with E-state index in [2.05, 4.69) is 27.1 Å². The molecular weight excluding hydrogens is 306 g/mol. The van der Waals surface area contributed by atoms with E-state index in [-0.39, 0.29) is 5.91 Å². The molecule has 0 saturated carbocycles. The van der Waals surface area contributed by atoms with Gasteiger partial charge in [-0.15, -0.1) is 0 Å². The first-order valence-electron chi connectivity index (χ1n) is 8.23. The molecule has 0 radical (unpaired) electrons. The summed E-state index contributed by atoms with van der Waals surface area (Å²) in [6, 6.07) is 0. The molecule has 2 aliphatic heterocycles. The standard InChI is InChI=1S/C17H23N5O2/c1-4-15(23)18-7-5-6-14-12(2)8-20-17-16(14)19-9-13-10-21(24-3)11-22(13)17/h8-10H,4-7,11H2,1-3H3,(H,18,23). The molecule has 0 bridgehead atoms. The van der Waals surface area contributed by atoms with Crippen LogP contribution in [0.25, 0.3) is 0 Å². The van der Waals surface area contributed by atoms with Crippen molar-refractivity contribution in [2.45, 2.75) is 33.1 Å². The number of hydrogen-bond acceptors (Lipinski definition) is 6. The van der Waals surface area contributed by atoms with Crippen molar-refractivity contribution in [1.29, 1.82) is 0 Å². The van der Waals surface area contributed by atoms with Crippen LogP contribution in [0.15, 0.2) is 23.1 Å². The second kappa shape index (κ2) is 7.00. The molecule has 0 fully saturated rings. The Labute approximate surface area is 142 Å². The largest absolute Gasteiger partial charge is 0.356 e. The molecule has 1 N–H and O–H groups in total. The van der Waals surface area contributed by atoms with Gasteiger partial charge in [-0.1, -0.05) is 6.92 Å². The average molecular weight is 329 g/mol. The van der Waals surface area contributed by atoms with E-state index >= 15 is 0 Å². The zero-order chi connectivity index (χ0) is 17.1. The fourth-order valence-corrected chi connectivity index (χ4v) is 2.90. The molecular formula is C17H23N5O2. The van der Waals surface area contributed by atoms with E-state index in [1.807, 2.05) is 25.5 Å². The van der Waals surface area contributed by atoms with Gasteiger partial charge < -0.3 is 10.2 Å². The van der Waals surface area contributed by atoms with Gasteiger partial charge in [0.15, 0.2) is 5.82 Å². The number of aryl methyl sites for hydroxylation is 1. The summed E-state index contributed by atoms with van der Waals surface area (Å²) in [7, 11) is 1.64. The van der Waals surface area contributed by atoms with Gasteiger partial charge in [-0.05, 0) is 30.9 Å². The molecule has 1 aromatic heterocycles. The van der Waals surface area contributed by atoms with Crippen molar-refractivity contribution >= 4 is 23.6 Å². The van der Waals surface area contributed by atoms with Gasteiger partial charge in [-0.2, -0.15) is 0 Å². The number of aromatic nitrogens is 1. The van der Waals surface area contributed by atoms with E-state index in [0.29, 0.717) is 19.6 Å². The van der Waals surface area contributed by atoms with Gasteiger partial charge in [0.05, 0.1) is 25.2 Å². The maximum atomic E-state index is 11.3. The summed E-state index contributed by atoms with van der Waals surface area (Å²) in [4.78, 5) is 27.9. The van der Waals surface area contributed by atoms with Crippen molar-refractivity contribution in [2.24, 2.45) is 4.99 Å². The van der Waals surface area contributed by atoms with Crippen LogP contribution in [0.5, 0.6) is 0 Å². The first-order valence-corrected chi connectivity index (χ1v) is 8.23. The Hall–Kier alpha value is -2.41. The molecule has 128 valence electrons. The number of amides is 1. The van der Waals surface area contributed by atoms with Gasteiger partial charge in [0.2, 0.25) is 5.91 Å². The lowest BCUT2D eigenvalue weighted by Gasteiger charge is -2.26. The number of fused-ring (bicyclic) bond motifs is 3. The summed E-state index contributed by atoms with van der Waals surface area (Å²) in [5.74, 6) is 0.953. The lowest BCUT2D eigenvalue weighted by atomic mass is 10.0. The number of carbonyl (C=O) groups is 1. The number of rotatable bonds is 6. The molecule has 0 atom stereocenters. The van der Waals surface area contributed by atoms with E-state index < -0.39 is 0 Å². The van der Waals surface area contributed by atoms with E-state index in [1.54, 1.807) is 12.2 Å². The number of nitrogens with zero attached hydrogens (tertiary/aromatic N) is 4. The summed E-state index contributed by atoms with van der Waals surface area (Å²) >= 11 is 0. The quantitative estimate of drug-likeness (QED) is 0.809. The van der Waals surface area contributed by atoms with Crippen LogP contribution in [0.1, 0.15) is 30.9 Å². The summed E-state index contributed by atoms with van der Waals surface area (Å²) in [5.41, 5.74) is 4.22. The predicted octanol–water partition coefficient (Wildman–Crippen LogP) is 2.05. The highest BCUT2D eigenvalue weighted by Gasteiger charge is 2.29. The van der Waals surface area contributed by atoms with Crippen LogP contribution in [0.4, 0.5) is 11.5 Å². The topological polar surface area (TPSA) is 70.1 Å². The molecule has 7 heteroatoms. The van der Waals surface area contributed by atoms with Crippen LogP contribution in [0.2, 0.25) is 0 Å². The van der Waals surface area contributed by atoms with E-state index in [0.717, 1.165) is 35.6 Å². The van der Waals surface area contributed by atoms with Gasteiger partial charge in [0.25, 0.3) is 0 Å². The second-order valence-corrected chi connectivity index (χ2v) is 5.88. The number of allylic oxidation sites excluding steroid dienone is 1. The van der Waals surface area contributed by atoms with Gasteiger partial charge >= 0.3 is 0 Å². The monoisotopic (exact) mass is 329 g/mol. The molecule has 0 unspecified atom stereocenters. The van der Waals surface area contributed by atoms with E-state index in [4.69, 9.17) is 4.84 Å². The van der Waals surface area contributed by atoms with Crippen LogP contribution in [-0.4, -0.2) is 42.5 Å².